The van der Waals surface area contributed by atoms with Gasteiger partial charge in [0.05, 0.1) is 9.79 Å². The monoisotopic (exact) mass is 730 g/mol. The summed E-state index contributed by atoms with van der Waals surface area (Å²) in [6, 6.07) is 11.7. The molecule has 2 aliphatic rings. The number of carbonyl (C=O) groups is 2. The highest BCUT2D eigenvalue weighted by atomic mass is 32.2. The predicted molar refractivity (Wildman–Crippen MR) is 189 cm³/mol. The van der Waals surface area contributed by atoms with Crippen molar-refractivity contribution in [3.8, 4) is 35.2 Å². The summed E-state index contributed by atoms with van der Waals surface area (Å²) in [5.41, 5.74) is 0. The minimum atomic E-state index is -4.03. The van der Waals surface area contributed by atoms with Crippen molar-refractivity contribution in [3.63, 3.8) is 0 Å². The van der Waals surface area contributed by atoms with Gasteiger partial charge in [0, 0.05) is 13.1 Å². The molecule has 2 aromatic carbocycles. The molecule has 0 amide bonds. The number of piperidine rings is 2. The predicted octanol–water partition coefficient (Wildman–Crippen LogP) is 3.60. The second kappa shape index (κ2) is 17.7. The van der Waals surface area contributed by atoms with Crippen molar-refractivity contribution in [1.82, 2.24) is 9.80 Å². The molecule has 2 aromatic rings. The first-order valence-corrected chi connectivity index (χ1v) is 19.4. The lowest BCUT2D eigenvalue weighted by Gasteiger charge is -2.38. The standard InChI is InChI=1S/2C18H23NO5S/c2*1-3-5-13-24-15-7-9-16(10-8-15)25(22,23)18(17(20)21)11-6-12-19(4-2)14-18/h2*7-10H,4,6,11-14H2,1-2H3,(H,20,21). The number of ether oxygens (including phenoxy) is 2. The van der Waals surface area contributed by atoms with Crippen LogP contribution in [0.1, 0.15) is 53.4 Å². The van der Waals surface area contributed by atoms with E-state index in [1.165, 1.54) is 48.5 Å². The van der Waals surface area contributed by atoms with Gasteiger partial charge in [0.2, 0.25) is 0 Å². The van der Waals surface area contributed by atoms with Crippen LogP contribution in [0.4, 0.5) is 0 Å². The van der Waals surface area contributed by atoms with Gasteiger partial charge in [0.15, 0.2) is 29.2 Å². The van der Waals surface area contributed by atoms with Gasteiger partial charge in [-0.1, -0.05) is 25.7 Å². The molecule has 2 unspecified atom stereocenters. The lowest BCUT2D eigenvalue weighted by atomic mass is 9.97. The summed E-state index contributed by atoms with van der Waals surface area (Å²) in [6.45, 7) is 10.3. The van der Waals surface area contributed by atoms with Crippen molar-refractivity contribution < 1.29 is 46.1 Å². The number of rotatable bonds is 12. The third kappa shape index (κ3) is 8.79. The number of likely N-dealkylation sites (tertiary alicyclic amines) is 2. The SMILES string of the molecule is CC#CCOc1ccc(S(=O)(=O)C2(C(=O)O)CCCN(CC)C2)cc1.CC#CCOc1ccc(S(=O)(=O)C2(C(=O)O)CCCN(CC)C2)cc1. The van der Waals surface area contributed by atoms with Gasteiger partial charge < -0.3 is 29.5 Å². The molecule has 2 atom stereocenters. The molecular weight excluding hydrogens is 685 g/mol. The van der Waals surface area contributed by atoms with E-state index in [0.29, 0.717) is 50.5 Å². The van der Waals surface area contributed by atoms with E-state index in [4.69, 9.17) is 9.47 Å². The van der Waals surface area contributed by atoms with E-state index in [9.17, 15) is 36.6 Å². The van der Waals surface area contributed by atoms with Crippen LogP contribution in [0.25, 0.3) is 0 Å². The molecule has 2 saturated heterocycles. The van der Waals surface area contributed by atoms with Crippen LogP contribution < -0.4 is 9.47 Å². The molecule has 2 fully saturated rings. The minimum absolute atomic E-state index is 0.00165. The number of benzene rings is 2. The van der Waals surface area contributed by atoms with Gasteiger partial charge in [0.25, 0.3) is 0 Å². The van der Waals surface area contributed by atoms with Crippen LogP contribution in [0.3, 0.4) is 0 Å². The largest absolute Gasteiger partial charge is 0.481 e. The number of aliphatic carboxylic acids is 2. The van der Waals surface area contributed by atoms with Crippen molar-refractivity contribution >= 4 is 31.6 Å². The van der Waals surface area contributed by atoms with E-state index in [1.54, 1.807) is 13.8 Å². The Morgan fingerprint density at radius 1 is 0.680 bits per heavy atom. The molecule has 0 saturated carbocycles. The first kappa shape index (κ1) is 40.4. The second-order valence-corrected chi connectivity index (χ2v) is 16.4. The van der Waals surface area contributed by atoms with Crippen LogP contribution in [0.15, 0.2) is 58.3 Å². The Morgan fingerprint density at radius 2 is 1.02 bits per heavy atom. The average molecular weight is 731 g/mol. The number of nitrogens with zero attached hydrogens (tertiary/aromatic N) is 2. The molecule has 12 nitrogen and oxygen atoms in total. The summed E-state index contributed by atoms with van der Waals surface area (Å²) in [5, 5.41) is 19.5. The summed E-state index contributed by atoms with van der Waals surface area (Å²) in [6.07, 6.45) is 1.31. The Bertz CT molecular complexity index is 1690. The Kier molecular flexibility index (Phi) is 14.3. The van der Waals surface area contributed by atoms with E-state index >= 15 is 0 Å². The molecule has 0 bridgehead atoms. The highest BCUT2D eigenvalue weighted by molar-refractivity contribution is 7.94. The summed E-state index contributed by atoms with van der Waals surface area (Å²) < 4.78 is 59.6. The highest BCUT2D eigenvalue weighted by Gasteiger charge is 2.55. The van der Waals surface area contributed by atoms with Gasteiger partial charge in [-0.05, 0) is 114 Å². The van der Waals surface area contributed by atoms with Crippen molar-refractivity contribution in [1.29, 1.82) is 0 Å². The third-order valence-corrected chi connectivity index (χ3v) is 13.9. The van der Waals surface area contributed by atoms with E-state index in [2.05, 4.69) is 23.7 Å². The zero-order valence-corrected chi connectivity index (χ0v) is 30.6. The van der Waals surface area contributed by atoms with E-state index in [0.717, 1.165) is 0 Å². The first-order valence-electron chi connectivity index (χ1n) is 16.4. The fourth-order valence-electron chi connectivity index (χ4n) is 6.04. The zero-order valence-electron chi connectivity index (χ0n) is 29.0. The minimum Gasteiger partial charge on any atom is -0.481 e. The normalized spacial score (nSPS) is 21.2. The second-order valence-electron chi connectivity index (χ2n) is 11.9. The third-order valence-electron chi connectivity index (χ3n) is 9.01. The molecule has 14 heteroatoms. The topological polar surface area (TPSA) is 168 Å². The van der Waals surface area contributed by atoms with E-state index < -0.39 is 41.1 Å². The molecule has 0 spiro atoms. The van der Waals surface area contributed by atoms with Gasteiger partial charge in [-0.3, -0.25) is 9.59 Å². The number of sulfone groups is 2. The van der Waals surface area contributed by atoms with Gasteiger partial charge in [-0.2, -0.15) is 0 Å². The van der Waals surface area contributed by atoms with Crippen molar-refractivity contribution in [3.05, 3.63) is 48.5 Å². The van der Waals surface area contributed by atoms with Crippen LogP contribution in [0.2, 0.25) is 0 Å². The van der Waals surface area contributed by atoms with Crippen LogP contribution in [0.5, 0.6) is 11.5 Å². The molecule has 2 heterocycles. The number of hydrogen-bond acceptors (Lipinski definition) is 10. The smallest absolute Gasteiger partial charge is 0.326 e. The van der Waals surface area contributed by atoms with Crippen molar-refractivity contribution in [2.45, 2.75) is 72.7 Å². The average Bonchev–Trinajstić information content (AvgIpc) is 3.12. The van der Waals surface area contributed by atoms with Crippen LogP contribution in [-0.4, -0.2) is 111 Å². The van der Waals surface area contributed by atoms with E-state index in [1.807, 2.05) is 23.6 Å². The van der Waals surface area contributed by atoms with Crippen LogP contribution >= 0.6 is 0 Å². The van der Waals surface area contributed by atoms with E-state index in [-0.39, 0.29) is 48.9 Å². The van der Waals surface area contributed by atoms with Gasteiger partial charge in [-0.25, -0.2) is 16.8 Å². The molecule has 0 radical (unpaired) electrons. The van der Waals surface area contributed by atoms with Gasteiger partial charge >= 0.3 is 11.9 Å². The Hall–Kier alpha value is -4.08. The lowest BCUT2D eigenvalue weighted by molar-refractivity contribution is -0.142. The molecule has 0 aromatic heterocycles. The fourth-order valence-corrected chi connectivity index (χ4v) is 9.92. The number of carboxylic acid groups (broad SMARTS) is 2. The van der Waals surface area contributed by atoms with Crippen LogP contribution in [-0.2, 0) is 29.3 Å². The van der Waals surface area contributed by atoms with Crippen molar-refractivity contribution in [2.24, 2.45) is 0 Å². The Balaban J connectivity index is 0.000000270. The summed E-state index contributed by atoms with van der Waals surface area (Å²) in [5.74, 6) is 9.32. The van der Waals surface area contributed by atoms with Gasteiger partial charge in [-0.15, -0.1) is 11.8 Å². The zero-order chi connectivity index (χ0) is 37.0. The lowest BCUT2D eigenvalue weighted by Crippen LogP contribution is -2.57. The maximum absolute atomic E-state index is 13.1. The fraction of sp³-hybridized carbons (Fsp3) is 0.500. The molecule has 2 N–H and O–H groups in total. The quantitative estimate of drug-likeness (QED) is 0.305. The molecular formula is C36H46N2O10S2. The molecule has 2 aliphatic heterocycles. The highest BCUT2D eigenvalue weighted by Crippen LogP contribution is 2.36. The number of carboxylic acids is 2. The van der Waals surface area contributed by atoms with Crippen molar-refractivity contribution in [2.75, 3.05) is 52.5 Å². The molecule has 0 aliphatic carbocycles. The Morgan fingerprint density at radius 3 is 1.30 bits per heavy atom. The molecule has 4 rings (SSSR count). The summed E-state index contributed by atoms with van der Waals surface area (Å²) in [4.78, 5) is 27.7. The maximum Gasteiger partial charge on any atom is 0.326 e. The van der Waals surface area contributed by atoms with Gasteiger partial charge in [0.1, 0.15) is 24.7 Å². The maximum atomic E-state index is 13.1. The Labute approximate surface area is 295 Å². The van der Waals surface area contributed by atoms with Crippen LogP contribution in [0, 0.1) is 23.7 Å². The molecule has 272 valence electrons. The summed E-state index contributed by atoms with van der Waals surface area (Å²) in [7, 11) is -8.07. The number of hydrogen-bond donors (Lipinski definition) is 2. The molecule has 50 heavy (non-hydrogen) atoms. The summed E-state index contributed by atoms with van der Waals surface area (Å²) >= 11 is 0. The first-order chi connectivity index (χ1) is 23.7.